The summed E-state index contributed by atoms with van der Waals surface area (Å²) < 4.78 is 15.9. The van der Waals surface area contributed by atoms with E-state index in [1.807, 2.05) is 0 Å². The molecule has 1 aromatic carbocycles. The summed E-state index contributed by atoms with van der Waals surface area (Å²) in [4.78, 5) is 20.3. The van der Waals surface area contributed by atoms with Crippen molar-refractivity contribution in [2.24, 2.45) is 10.7 Å². The number of nitrogens with zero attached hydrogens (tertiary/aromatic N) is 3. The average molecular weight is 396 g/mol. The third-order valence-corrected chi connectivity index (χ3v) is 3.99. The molecule has 10 nitrogen and oxygen atoms in total. The molecule has 2 aromatic heterocycles. The quantitative estimate of drug-likeness (QED) is 0.497. The molecule has 0 fully saturated rings. The number of amides is 1. The van der Waals surface area contributed by atoms with E-state index in [2.05, 4.69) is 25.5 Å². The number of pyridine rings is 1. The topological polar surface area (TPSA) is 137 Å². The summed E-state index contributed by atoms with van der Waals surface area (Å²) in [5.74, 6) is 1.30. The molecule has 4 N–H and O–H groups in total. The number of primary amides is 1. The van der Waals surface area contributed by atoms with Gasteiger partial charge in [0.25, 0.3) is 5.91 Å². The molecule has 0 aliphatic rings. The number of aliphatic imine (C=N–C) groups is 1. The Hall–Kier alpha value is -4.08. The van der Waals surface area contributed by atoms with E-state index in [0.717, 1.165) is 0 Å². The highest BCUT2D eigenvalue weighted by Gasteiger charge is 2.18. The van der Waals surface area contributed by atoms with Crippen molar-refractivity contribution in [2.45, 2.75) is 0 Å². The molecule has 0 atom stereocenters. The minimum absolute atomic E-state index is 0.115. The predicted molar refractivity (Wildman–Crippen MR) is 108 cm³/mol. The molecule has 0 saturated carbocycles. The van der Waals surface area contributed by atoms with Crippen LogP contribution in [0.4, 0.5) is 17.3 Å². The van der Waals surface area contributed by atoms with Gasteiger partial charge >= 0.3 is 0 Å². The summed E-state index contributed by atoms with van der Waals surface area (Å²) >= 11 is 0. The van der Waals surface area contributed by atoms with Crippen molar-refractivity contribution < 1.29 is 19.0 Å². The van der Waals surface area contributed by atoms with Crippen molar-refractivity contribution in [2.75, 3.05) is 26.6 Å². The van der Waals surface area contributed by atoms with Crippen LogP contribution in [0, 0.1) is 0 Å². The zero-order valence-electron chi connectivity index (χ0n) is 16.1. The van der Waals surface area contributed by atoms with Crippen molar-refractivity contribution in [1.29, 1.82) is 0 Å². The molecule has 10 heteroatoms. The smallest absolute Gasteiger partial charge is 0.256 e. The molecular weight excluding hydrogens is 376 g/mol. The number of aromatic nitrogens is 3. The monoisotopic (exact) mass is 396 g/mol. The molecule has 2 heterocycles. The Bertz CT molecular complexity index is 1030. The standard InChI is InChI=1S/C19H20N6O4/c1-27-13-8-15(29-3)14(28-2)7-11(13)9-22-18-16(17(20)26)19(25-24-18)23-12-5-4-6-21-10-12/h4-10H,1-3H3,(H2,20,26)(H2,23,24,25). The Kier molecular flexibility index (Phi) is 5.93. The van der Waals surface area contributed by atoms with Crippen molar-refractivity contribution >= 4 is 29.4 Å². The first-order valence-electron chi connectivity index (χ1n) is 8.46. The first-order valence-corrected chi connectivity index (χ1v) is 8.46. The van der Waals surface area contributed by atoms with E-state index < -0.39 is 5.91 Å². The lowest BCUT2D eigenvalue weighted by Crippen LogP contribution is -2.12. The summed E-state index contributed by atoms with van der Waals surface area (Å²) in [6.45, 7) is 0. The van der Waals surface area contributed by atoms with E-state index >= 15 is 0 Å². The van der Waals surface area contributed by atoms with E-state index in [9.17, 15) is 4.79 Å². The number of carbonyl (C=O) groups excluding carboxylic acids is 1. The largest absolute Gasteiger partial charge is 0.496 e. The highest BCUT2D eigenvalue weighted by Crippen LogP contribution is 2.34. The molecule has 1 amide bonds. The lowest BCUT2D eigenvalue weighted by atomic mass is 10.2. The van der Waals surface area contributed by atoms with Gasteiger partial charge in [0.1, 0.15) is 11.3 Å². The van der Waals surface area contributed by atoms with Gasteiger partial charge in [-0.25, -0.2) is 4.99 Å². The Morgan fingerprint density at radius 3 is 2.52 bits per heavy atom. The van der Waals surface area contributed by atoms with Gasteiger partial charge in [0.05, 0.1) is 33.2 Å². The maximum absolute atomic E-state index is 12.0. The lowest BCUT2D eigenvalue weighted by molar-refractivity contribution is 0.100. The van der Waals surface area contributed by atoms with Crippen LogP contribution in [0.25, 0.3) is 0 Å². The molecule has 0 unspecified atom stereocenters. The number of nitrogens with one attached hydrogen (secondary N) is 2. The third kappa shape index (κ3) is 4.26. The fourth-order valence-electron chi connectivity index (χ4n) is 2.61. The maximum atomic E-state index is 12.0. The number of hydrogen-bond acceptors (Lipinski definition) is 8. The first-order chi connectivity index (χ1) is 14.1. The zero-order valence-corrected chi connectivity index (χ0v) is 16.1. The number of methoxy groups -OCH3 is 3. The number of nitrogens with two attached hydrogens (primary N) is 1. The van der Waals surface area contributed by atoms with Crippen LogP contribution in [-0.2, 0) is 0 Å². The number of H-pyrrole nitrogens is 1. The van der Waals surface area contributed by atoms with E-state index in [-0.39, 0.29) is 17.2 Å². The van der Waals surface area contributed by atoms with Crippen molar-refractivity contribution in [3.63, 3.8) is 0 Å². The fourth-order valence-corrected chi connectivity index (χ4v) is 2.61. The number of carbonyl (C=O) groups is 1. The van der Waals surface area contributed by atoms with E-state index in [1.165, 1.54) is 27.5 Å². The van der Waals surface area contributed by atoms with E-state index in [0.29, 0.717) is 28.5 Å². The second-order valence-corrected chi connectivity index (χ2v) is 5.73. The van der Waals surface area contributed by atoms with Gasteiger partial charge in [0.15, 0.2) is 23.1 Å². The molecule has 0 aliphatic carbocycles. The van der Waals surface area contributed by atoms with Crippen LogP contribution in [0.5, 0.6) is 17.2 Å². The second kappa shape index (κ2) is 8.74. The average Bonchev–Trinajstić information content (AvgIpc) is 3.14. The Morgan fingerprint density at radius 2 is 1.90 bits per heavy atom. The number of aromatic amines is 1. The van der Waals surface area contributed by atoms with E-state index in [4.69, 9.17) is 19.9 Å². The predicted octanol–water partition coefficient (Wildman–Crippen LogP) is 2.42. The van der Waals surface area contributed by atoms with Crippen molar-refractivity contribution in [1.82, 2.24) is 15.2 Å². The summed E-state index contributed by atoms with van der Waals surface area (Å²) in [5.41, 5.74) is 6.91. The maximum Gasteiger partial charge on any atom is 0.256 e. The van der Waals surface area contributed by atoms with Crippen LogP contribution >= 0.6 is 0 Å². The Balaban J connectivity index is 1.96. The molecule has 0 aliphatic heterocycles. The van der Waals surface area contributed by atoms with Crippen LogP contribution in [0.2, 0.25) is 0 Å². The highest BCUT2D eigenvalue weighted by molar-refractivity contribution is 6.03. The molecule has 0 radical (unpaired) electrons. The van der Waals surface area contributed by atoms with Crippen LogP contribution < -0.4 is 25.3 Å². The highest BCUT2D eigenvalue weighted by atomic mass is 16.5. The fraction of sp³-hybridized carbons (Fsp3) is 0.158. The zero-order chi connectivity index (χ0) is 20.8. The number of hydrogen-bond donors (Lipinski definition) is 3. The molecule has 29 heavy (non-hydrogen) atoms. The van der Waals surface area contributed by atoms with Crippen molar-refractivity contribution in [3.8, 4) is 17.2 Å². The van der Waals surface area contributed by atoms with Gasteiger partial charge in [-0.1, -0.05) is 0 Å². The SMILES string of the molecule is COc1cc(OC)c(OC)cc1C=Nc1[nH]nc(Nc2cccnc2)c1C(N)=O. The Labute approximate surface area is 166 Å². The molecular formula is C19H20N6O4. The summed E-state index contributed by atoms with van der Waals surface area (Å²) in [5, 5.41) is 9.79. The van der Waals surface area contributed by atoms with Gasteiger partial charge in [0.2, 0.25) is 0 Å². The molecule has 3 aromatic rings. The molecule has 3 rings (SSSR count). The van der Waals surface area contributed by atoms with Gasteiger partial charge in [-0.05, 0) is 18.2 Å². The van der Waals surface area contributed by atoms with Crippen molar-refractivity contribution in [3.05, 3.63) is 47.8 Å². The summed E-state index contributed by atoms with van der Waals surface area (Å²) in [7, 11) is 4.59. The summed E-state index contributed by atoms with van der Waals surface area (Å²) in [6.07, 6.45) is 4.74. The first kappa shape index (κ1) is 19.7. The van der Waals surface area contributed by atoms with Gasteiger partial charge < -0.3 is 25.3 Å². The van der Waals surface area contributed by atoms with Gasteiger partial charge in [-0.2, -0.15) is 5.10 Å². The van der Waals surface area contributed by atoms with Crippen LogP contribution in [0.15, 0.2) is 41.7 Å². The molecule has 0 saturated heterocycles. The van der Waals surface area contributed by atoms with Crippen LogP contribution in [0.1, 0.15) is 15.9 Å². The Morgan fingerprint density at radius 1 is 1.17 bits per heavy atom. The van der Waals surface area contributed by atoms with Gasteiger partial charge in [-0.3, -0.25) is 14.9 Å². The van der Waals surface area contributed by atoms with Gasteiger partial charge in [0, 0.05) is 24.0 Å². The third-order valence-electron chi connectivity index (χ3n) is 3.99. The minimum Gasteiger partial charge on any atom is -0.496 e. The minimum atomic E-state index is -0.684. The number of anilines is 2. The number of benzene rings is 1. The number of ether oxygens (including phenoxy) is 3. The lowest BCUT2D eigenvalue weighted by Gasteiger charge is -2.11. The van der Waals surface area contributed by atoms with E-state index in [1.54, 1.807) is 36.7 Å². The summed E-state index contributed by atoms with van der Waals surface area (Å²) in [6, 6.07) is 6.92. The van der Waals surface area contributed by atoms with Crippen LogP contribution in [0.3, 0.4) is 0 Å². The van der Waals surface area contributed by atoms with Crippen LogP contribution in [-0.4, -0.2) is 48.6 Å². The molecule has 0 bridgehead atoms. The van der Waals surface area contributed by atoms with Gasteiger partial charge in [-0.15, -0.1) is 0 Å². The second-order valence-electron chi connectivity index (χ2n) is 5.73. The number of rotatable bonds is 8. The normalized spacial score (nSPS) is 10.7. The molecule has 0 spiro atoms. The molecule has 150 valence electrons.